The van der Waals surface area contributed by atoms with Crippen molar-refractivity contribution in [2.24, 2.45) is 0 Å². The first-order valence-electron chi connectivity index (χ1n) is 0.928. The first kappa shape index (κ1) is 16.8. The molecule has 3 N–H and O–H groups in total. The van der Waals surface area contributed by atoms with E-state index in [1.54, 1.807) is 0 Å². The standard InChI is InChI=1S/C2H4O2.Cu.H2O/c1-2(3)4;;/h1H3,(H,3,4);;1H2/q;+2;. The second-order valence-electron chi connectivity index (χ2n) is 0.519. The van der Waals surface area contributed by atoms with Gasteiger partial charge in [-0.1, -0.05) is 0 Å². The Morgan fingerprint density at radius 1 is 1.67 bits per heavy atom. The molecule has 0 aromatic carbocycles. The van der Waals surface area contributed by atoms with E-state index in [0.29, 0.717) is 0 Å². The normalized spacial score (nSPS) is 4.17. The van der Waals surface area contributed by atoms with E-state index in [0.717, 1.165) is 6.92 Å². The molecule has 0 aromatic heterocycles. The van der Waals surface area contributed by atoms with Gasteiger partial charge in [0, 0.05) is 6.92 Å². The summed E-state index contributed by atoms with van der Waals surface area (Å²) in [5.74, 6) is -0.833. The van der Waals surface area contributed by atoms with E-state index in [-0.39, 0.29) is 22.5 Å². The number of rotatable bonds is 0. The van der Waals surface area contributed by atoms with Crippen LogP contribution in [0.2, 0.25) is 0 Å². The maximum atomic E-state index is 9.00. The molecule has 0 aliphatic carbocycles. The molecule has 41 valence electrons. The zero-order valence-corrected chi connectivity index (χ0v) is 4.10. The number of aliphatic carboxylic acids is 1. The van der Waals surface area contributed by atoms with E-state index in [1.807, 2.05) is 0 Å². The maximum Gasteiger partial charge on any atom is 2.00 e. The molecule has 0 amide bonds. The fraction of sp³-hybridized carbons (Fsp3) is 0.500. The molecule has 0 spiro atoms. The smallest absolute Gasteiger partial charge is 0.481 e. The molecule has 0 aromatic rings. The van der Waals surface area contributed by atoms with Gasteiger partial charge in [-0.25, -0.2) is 0 Å². The molecule has 1 radical (unpaired) electrons. The van der Waals surface area contributed by atoms with Gasteiger partial charge in [0.25, 0.3) is 5.97 Å². The second kappa shape index (κ2) is 8.87. The van der Waals surface area contributed by atoms with Crippen molar-refractivity contribution in [3.05, 3.63) is 0 Å². The maximum absolute atomic E-state index is 9.00. The van der Waals surface area contributed by atoms with E-state index < -0.39 is 5.97 Å². The van der Waals surface area contributed by atoms with Gasteiger partial charge in [0.2, 0.25) is 0 Å². The van der Waals surface area contributed by atoms with Crippen LogP contribution in [-0.4, -0.2) is 16.6 Å². The molecular weight excluding hydrogens is 136 g/mol. The summed E-state index contributed by atoms with van der Waals surface area (Å²) in [7, 11) is 0. The summed E-state index contributed by atoms with van der Waals surface area (Å²) in [4.78, 5) is 9.00. The monoisotopic (exact) mass is 141 g/mol. The van der Waals surface area contributed by atoms with Crippen LogP contribution in [0.1, 0.15) is 6.92 Å². The Labute approximate surface area is 46.1 Å². The number of hydrogen-bond acceptors (Lipinski definition) is 1. The van der Waals surface area contributed by atoms with Crippen LogP contribution in [0.3, 0.4) is 0 Å². The minimum atomic E-state index is -0.833. The Morgan fingerprint density at radius 2 is 1.67 bits per heavy atom. The molecule has 0 saturated carbocycles. The largest absolute Gasteiger partial charge is 2.00 e. The van der Waals surface area contributed by atoms with Crippen molar-refractivity contribution in [1.82, 2.24) is 0 Å². The van der Waals surface area contributed by atoms with Gasteiger partial charge in [-0.15, -0.1) is 0 Å². The van der Waals surface area contributed by atoms with E-state index >= 15 is 0 Å². The van der Waals surface area contributed by atoms with Gasteiger partial charge in [0.15, 0.2) is 0 Å². The Bertz CT molecular complexity index is 31.8. The number of carboxylic acid groups (broad SMARTS) is 1. The zero-order valence-electron chi connectivity index (χ0n) is 3.16. The van der Waals surface area contributed by atoms with E-state index in [4.69, 9.17) is 9.90 Å². The molecule has 3 nitrogen and oxygen atoms in total. The summed E-state index contributed by atoms with van der Waals surface area (Å²) in [5, 5.41) is 7.42. The van der Waals surface area contributed by atoms with Crippen molar-refractivity contribution in [3.63, 3.8) is 0 Å². The molecule has 0 aliphatic heterocycles. The third-order valence-corrected chi connectivity index (χ3v) is 0. The molecule has 0 atom stereocenters. The fourth-order valence-electron chi connectivity index (χ4n) is 0. The molecule has 0 rings (SSSR count). The van der Waals surface area contributed by atoms with Gasteiger partial charge in [0.1, 0.15) is 0 Å². The second-order valence-corrected chi connectivity index (χ2v) is 0.519. The minimum Gasteiger partial charge on any atom is -0.481 e. The molecule has 4 heteroatoms. The molecule has 0 aliphatic rings. The number of carbonyl (C=O) groups is 1. The first-order valence-corrected chi connectivity index (χ1v) is 0.928. The van der Waals surface area contributed by atoms with Crippen LogP contribution in [0.4, 0.5) is 0 Å². The SMILES string of the molecule is CC(=O)O.O.[Cu+2]. The summed E-state index contributed by atoms with van der Waals surface area (Å²) in [5.41, 5.74) is 0. The third-order valence-electron chi connectivity index (χ3n) is 0. The van der Waals surface area contributed by atoms with Crippen molar-refractivity contribution in [2.75, 3.05) is 0 Å². The summed E-state index contributed by atoms with van der Waals surface area (Å²) >= 11 is 0. The van der Waals surface area contributed by atoms with Crippen LogP contribution in [0.25, 0.3) is 0 Å². The Hall–Kier alpha value is -0.0505. The van der Waals surface area contributed by atoms with E-state index in [9.17, 15) is 0 Å². The quantitative estimate of drug-likeness (QED) is 0.452. The van der Waals surface area contributed by atoms with Gasteiger partial charge in [0.05, 0.1) is 0 Å². The van der Waals surface area contributed by atoms with Gasteiger partial charge >= 0.3 is 17.1 Å². The average Bonchev–Trinajstić information content (AvgIpc) is 0.811. The van der Waals surface area contributed by atoms with Crippen LogP contribution in [-0.2, 0) is 21.9 Å². The molecule has 0 unspecified atom stereocenters. The zero-order chi connectivity index (χ0) is 3.58. The van der Waals surface area contributed by atoms with Crippen LogP contribution >= 0.6 is 0 Å². The van der Waals surface area contributed by atoms with Crippen molar-refractivity contribution in [1.29, 1.82) is 0 Å². The molecule has 0 fully saturated rings. The van der Waals surface area contributed by atoms with Crippen LogP contribution in [0.15, 0.2) is 0 Å². The summed E-state index contributed by atoms with van der Waals surface area (Å²) in [6.45, 7) is 1.08. The predicted octanol–water partition coefficient (Wildman–Crippen LogP) is -0.736. The summed E-state index contributed by atoms with van der Waals surface area (Å²) in [6.07, 6.45) is 0. The molecule has 0 heterocycles. The number of hydrogen-bond donors (Lipinski definition) is 1. The molecule has 0 bridgehead atoms. The summed E-state index contributed by atoms with van der Waals surface area (Å²) < 4.78 is 0. The van der Waals surface area contributed by atoms with E-state index in [1.165, 1.54) is 0 Å². The van der Waals surface area contributed by atoms with Gasteiger partial charge in [-0.3, -0.25) is 4.79 Å². The first-order chi connectivity index (χ1) is 1.73. The predicted molar refractivity (Wildman–Crippen MR) is 16.9 cm³/mol. The average molecular weight is 142 g/mol. The van der Waals surface area contributed by atoms with Gasteiger partial charge in [-0.2, -0.15) is 0 Å². The Morgan fingerprint density at radius 3 is 1.67 bits per heavy atom. The van der Waals surface area contributed by atoms with Crippen molar-refractivity contribution in [2.45, 2.75) is 6.92 Å². The molecule has 6 heavy (non-hydrogen) atoms. The van der Waals surface area contributed by atoms with Gasteiger partial charge in [-0.05, 0) is 0 Å². The summed E-state index contributed by atoms with van der Waals surface area (Å²) in [6, 6.07) is 0. The fourth-order valence-corrected chi connectivity index (χ4v) is 0. The Kier molecular flexibility index (Phi) is 24.8. The van der Waals surface area contributed by atoms with Crippen LogP contribution in [0, 0.1) is 0 Å². The van der Waals surface area contributed by atoms with Crippen LogP contribution in [0.5, 0.6) is 0 Å². The van der Waals surface area contributed by atoms with E-state index in [2.05, 4.69) is 0 Å². The van der Waals surface area contributed by atoms with Crippen LogP contribution < -0.4 is 0 Å². The molecule has 0 saturated heterocycles. The minimum absolute atomic E-state index is 0. The van der Waals surface area contributed by atoms with Gasteiger partial charge < -0.3 is 10.6 Å². The van der Waals surface area contributed by atoms with Crippen molar-refractivity contribution in [3.8, 4) is 0 Å². The van der Waals surface area contributed by atoms with Crippen molar-refractivity contribution >= 4 is 5.97 Å². The molecular formula is C2H6CuO3+2. The van der Waals surface area contributed by atoms with Crippen molar-refractivity contribution < 1.29 is 32.4 Å². The number of carboxylic acids is 1. The topological polar surface area (TPSA) is 68.8 Å². The third kappa shape index (κ3) is 13500. The Balaban J connectivity index is -0.0000000450.